The fourth-order valence-electron chi connectivity index (χ4n) is 2.52. The molecule has 2 heterocycles. The molecule has 0 saturated heterocycles. The summed E-state index contributed by atoms with van der Waals surface area (Å²) in [6.07, 6.45) is 1.66. The second kappa shape index (κ2) is 6.49. The topological polar surface area (TPSA) is 45.8 Å². The molecular weight excluding hydrogens is 304 g/mol. The van der Waals surface area contributed by atoms with E-state index < -0.39 is 0 Å². The van der Waals surface area contributed by atoms with Crippen LogP contribution in [0.15, 0.2) is 4.79 Å². The Labute approximate surface area is 134 Å². The molecule has 21 heavy (non-hydrogen) atoms. The molecular formula is C16H23ClN2OS. The van der Waals surface area contributed by atoms with Crippen molar-refractivity contribution in [2.75, 3.05) is 0 Å². The van der Waals surface area contributed by atoms with E-state index in [0.717, 1.165) is 23.1 Å². The standard InChI is InChI=1S/C16H23ClN2OS/c1-6-11(17)14-18-15(20)12-10(7-8(2)3)13(9(4)5)21-16(12)19-14/h8-9,11H,6-7H2,1-5H3,(H,18,19,20). The lowest BCUT2D eigenvalue weighted by atomic mass is 9.97. The highest BCUT2D eigenvalue weighted by Crippen LogP contribution is 2.35. The van der Waals surface area contributed by atoms with E-state index in [2.05, 4.69) is 37.7 Å². The molecule has 1 unspecified atom stereocenters. The number of alkyl halides is 1. The third-order valence-corrected chi connectivity index (χ3v) is 5.44. The second-order valence-corrected chi connectivity index (χ2v) is 7.76. The van der Waals surface area contributed by atoms with Gasteiger partial charge in [0.05, 0.1) is 10.8 Å². The zero-order valence-electron chi connectivity index (χ0n) is 13.3. The molecule has 2 rings (SSSR count). The summed E-state index contributed by atoms with van der Waals surface area (Å²) < 4.78 is 0. The van der Waals surface area contributed by atoms with Gasteiger partial charge < -0.3 is 4.98 Å². The minimum Gasteiger partial charge on any atom is -0.309 e. The Morgan fingerprint density at radius 3 is 2.48 bits per heavy atom. The van der Waals surface area contributed by atoms with Gasteiger partial charge in [-0.1, -0.05) is 34.6 Å². The van der Waals surface area contributed by atoms with E-state index in [9.17, 15) is 4.79 Å². The molecule has 1 atom stereocenters. The molecule has 0 saturated carbocycles. The van der Waals surface area contributed by atoms with Gasteiger partial charge in [0.2, 0.25) is 0 Å². The molecule has 0 bridgehead atoms. The number of aromatic nitrogens is 2. The van der Waals surface area contributed by atoms with Crippen molar-refractivity contribution in [1.29, 1.82) is 0 Å². The summed E-state index contributed by atoms with van der Waals surface area (Å²) in [4.78, 5) is 22.1. The summed E-state index contributed by atoms with van der Waals surface area (Å²) in [5, 5.41) is 0.529. The van der Waals surface area contributed by atoms with Gasteiger partial charge in [0.1, 0.15) is 10.7 Å². The lowest BCUT2D eigenvalue weighted by Crippen LogP contribution is -2.13. The fourth-order valence-corrected chi connectivity index (χ4v) is 3.83. The first-order chi connectivity index (χ1) is 9.85. The van der Waals surface area contributed by atoms with Gasteiger partial charge in [-0.15, -0.1) is 22.9 Å². The average Bonchev–Trinajstić information content (AvgIpc) is 2.76. The monoisotopic (exact) mass is 326 g/mol. The van der Waals surface area contributed by atoms with Gasteiger partial charge in [0, 0.05) is 4.88 Å². The number of halogens is 1. The van der Waals surface area contributed by atoms with Crippen molar-refractivity contribution in [3.05, 3.63) is 26.6 Å². The van der Waals surface area contributed by atoms with E-state index in [1.807, 2.05) is 6.92 Å². The summed E-state index contributed by atoms with van der Waals surface area (Å²) in [5.41, 5.74) is 1.12. The normalized spacial score (nSPS) is 13.5. The number of hydrogen-bond acceptors (Lipinski definition) is 3. The molecule has 0 aliphatic carbocycles. The Kier molecular flexibility index (Phi) is 5.10. The number of nitrogens with one attached hydrogen (secondary N) is 1. The Morgan fingerprint density at radius 2 is 1.95 bits per heavy atom. The van der Waals surface area contributed by atoms with E-state index in [-0.39, 0.29) is 10.9 Å². The zero-order valence-corrected chi connectivity index (χ0v) is 14.9. The molecule has 0 aliphatic rings. The van der Waals surface area contributed by atoms with Crippen LogP contribution in [-0.4, -0.2) is 9.97 Å². The SMILES string of the molecule is CCC(Cl)c1nc2sc(C(C)C)c(CC(C)C)c2c(=O)[nH]1. The lowest BCUT2D eigenvalue weighted by molar-refractivity contribution is 0.644. The first kappa shape index (κ1) is 16.5. The van der Waals surface area contributed by atoms with E-state index in [1.54, 1.807) is 11.3 Å². The van der Waals surface area contributed by atoms with Gasteiger partial charge in [0.15, 0.2) is 0 Å². The van der Waals surface area contributed by atoms with Crippen LogP contribution in [0.2, 0.25) is 0 Å². The predicted octanol–water partition coefficient (Wildman–Crippen LogP) is 5.00. The number of nitrogens with zero attached hydrogens (tertiary/aromatic N) is 1. The first-order valence-corrected chi connectivity index (χ1v) is 8.79. The van der Waals surface area contributed by atoms with Crippen molar-refractivity contribution in [2.45, 2.75) is 58.8 Å². The van der Waals surface area contributed by atoms with Crippen molar-refractivity contribution in [1.82, 2.24) is 9.97 Å². The number of rotatable bonds is 5. The van der Waals surface area contributed by atoms with E-state index in [1.165, 1.54) is 10.4 Å². The largest absolute Gasteiger partial charge is 0.309 e. The highest BCUT2D eigenvalue weighted by molar-refractivity contribution is 7.18. The minimum atomic E-state index is -0.236. The number of H-pyrrole nitrogens is 1. The van der Waals surface area contributed by atoms with Crippen LogP contribution in [0, 0.1) is 5.92 Å². The maximum atomic E-state index is 12.5. The number of thiophene rings is 1. The van der Waals surface area contributed by atoms with Gasteiger partial charge >= 0.3 is 0 Å². The molecule has 0 spiro atoms. The molecule has 0 fully saturated rings. The molecule has 3 nitrogen and oxygen atoms in total. The predicted molar refractivity (Wildman–Crippen MR) is 91.8 cm³/mol. The highest BCUT2D eigenvalue weighted by atomic mass is 35.5. The van der Waals surface area contributed by atoms with Gasteiger partial charge in [-0.3, -0.25) is 4.79 Å². The highest BCUT2D eigenvalue weighted by Gasteiger charge is 2.21. The van der Waals surface area contributed by atoms with Crippen LogP contribution in [-0.2, 0) is 6.42 Å². The molecule has 0 amide bonds. The number of hydrogen-bond donors (Lipinski definition) is 1. The van der Waals surface area contributed by atoms with Gasteiger partial charge in [-0.05, 0) is 30.2 Å². The third kappa shape index (κ3) is 3.32. The molecule has 116 valence electrons. The summed E-state index contributed by atoms with van der Waals surface area (Å²) in [6, 6.07) is 0. The third-order valence-electron chi connectivity index (χ3n) is 3.50. The molecule has 2 aromatic heterocycles. The Balaban J connectivity index is 2.70. The van der Waals surface area contributed by atoms with Gasteiger partial charge in [-0.2, -0.15) is 0 Å². The van der Waals surface area contributed by atoms with Crippen LogP contribution in [0.3, 0.4) is 0 Å². The summed E-state index contributed by atoms with van der Waals surface area (Å²) in [5.74, 6) is 1.50. The van der Waals surface area contributed by atoms with Crippen molar-refractivity contribution in [3.63, 3.8) is 0 Å². The van der Waals surface area contributed by atoms with Crippen LogP contribution in [0.4, 0.5) is 0 Å². The van der Waals surface area contributed by atoms with Crippen LogP contribution < -0.4 is 5.56 Å². The van der Waals surface area contributed by atoms with E-state index in [4.69, 9.17) is 11.6 Å². The Bertz CT molecular complexity index is 687. The summed E-state index contributed by atoms with van der Waals surface area (Å²) in [7, 11) is 0. The van der Waals surface area contributed by atoms with Crippen LogP contribution in [0.25, 0.3) is 10.2 Å². The first-order valence-electron chi connectivity index (χ1n) is 7.54. The van der Waals surface area contributed by atoms with Crippen LogP contribution >= 0.6 is 22.9 Å². The van der Waals surface area contributed by atoms with Gasteiger partial charge in [0.25, 0.3) is 5.56 Å². The molecule has 0 aromatic carbocycles. The molecule has 5 heteroatoms. The quantitative estimate of drug-likeness (QED) is 0.786. The van der Waals surface area contributed by atoms with Crippen molar-refractivity contribution in [2.24, 2.45) is 5.92 Å². The maximum Gasteiger partial charge on any atom is 0.259 e. The van der Waals surface area contributed by atoms with E-state index in [0.29, 0.717) is 17.7 Å². The number of aromatic amines is 1. The summed E-state index contributed by atoms with van der Waals surface area (Å²) in [6.45, 7) is 10.7. The summed E-state index contributed by atoms with van der Waals surface area (Å²) >= 11 is 7.87. The minimum absolute atomic E-state index is 0.0482. The second-order valence-electron chi connectivity index (χ2n) is 6.20. The molecule has 2 aromatic rings. The maximum absolute atomic E-state index is 12.5. The molecule has 0 aliphatic heterocycles. The fraction of sp³-hybridized carbons (Fsp3) is 0.625. The smallest absolute Gasteiger partial charge is 0.259 e. The zero-order chi connectivity index (χ0) is 15.7. The lowest BCUT2D eigenvalue weighted by Gasteiger charge is -2.09. The molecule has 0 radical (unpaired) electrons. The Hall–Kier alpha value is -0.870. The van der Waals surface area contributed by atoms with Crippen molar-refractivity contribution >= 4 is 33.2 Å². The number of fused-ring (bicyclic) bond motifs is 1. The average molecular weight is 327 g/mol. The molecule has 1 N–H and O–H groups in total. The van der Waals surface area contributed by atoms with E-state index >= 15 is 0 Å². The van der Waals surface area contributed by atoms with Gasteiger partial charge in [-0.25, -0.2) is 4.98 Å². The Morgan fingerprint density at radius 1 is 1.29 bits per heavy atom. The van der Waals surface area contributed by atoms with Crippen LogP contribution in [0.1, 0.15) is 68.6 Å². The van der Waals surface area contributed by atoms with Crippen LogP contribution in [0.5, 0.6) is 0 Å². The van der Waals surface area contributed by atoms with Crippen molar-refractivity contribution < 1.29 is 0 Å². The van der Waals surface area contributed by atoms with Crippen molar-refractivity contribution in [3.8, 4) is 0 Å².